The minimum Gasteiger partial charge on any atom is -0.435 e. The van der Waals surface area contributed by atoms with Crippen molar-refractivity contribution in [3.05, 3.63) is 29.8 Å². The van der Waals surface area contributed by atoms with Crippen LogP contribution in [0.5, 0.6) is 5.75 Å². The summed E-state index contributed by atoms with van der Waals surface area (Å²) >= 11 is 0. The number of aliphatic hydroxyl groups is 1. The van der Waals surface area contributed by atoms with E-state index in [-0.39, 0.29) is 11.7 Å². The summed E-state index contributed by atoms with van der Waals surface area (Å²) in [7, 11) is 0. The Bertz CT molecular complexity index is 411. The van der Waals surface area contributed by atoms with Crippen molar-refractivity contribution in [1.82, 2.24) is 10.6 Å². The molecule has 0 heterocycles. The highest BCUT2D eigenvalue weighted by Gasteiger charge is 2.07. The number of nitrogens with one attached hydrogen (secondary N) is 2. The quantitative estimate of drug-likeness (QED) is 0.624. The minimum atomic E-state index is -2.88. The summed E-state index contributed by atoms with van der Waals surface area (Å²) in [6, 6.07) is 5.45. The summed E-state index contributed by atoms with van der Waals surface area (Å²) in [6.45, 7) is 0.170. The van der Waals surface area contributed by atoms with Crippen LogP contribution in [0.2, 0.25) is 0 Å². The second-order valence-corrected chi connectivity index (χ2v) is 4.21. The van der Waals surface area contributed by atoms with Crippen LogP contribution in [-0.2, 0) is 0 Å². The zero-order chi connectivity index (χ0) is 15.0. The first-order chi connectivity index (χ1) is 9.49. The first kappa shape index (κ1) is 16.3. The van der Waals surface area contributed by atoms with Crippen LogP contribution in [0.25, 0.3) is 0 Å². The Morgan fingerprint density at radius 2 is 1.95 bits per heavy atom. The molecule has 1 unspecified atom stereocenters. The average molecular weight is 288 g/mol. The maximum Gasteiger partial charge on any atom is 0.387 e. The van der Waals surface area contributed by atoms with E-state index in [4.69, 9.17) is 5.11 Å². The molecule has 1 atom stereocenters. The molecule has 0 fully saturated rings. The summed E-state index contributed by atoms with van der Waals surface area (Å²) < 4.78 is 28.1. The highest BCUT2D eigenvalue weighted by Crippen LogP contribution is 2.14. The summed E-state index contributed by atoms with van der Waals surface area (Å²) in [5.41, 5.74) is 0.363. The number of halogens is 2. The van der Waals surface area contributed by atoms with Crippen molar-refractivity contribution < 1.29 is 23.4 Å². The Hall–Kier alpha value is -1.73. The Morgan fingerprint density at radius 1 is 1.30 bits per heavy atom. The van der Waals surface area contributed by atoms with Crippen molar-refractivity contribution in [2.45, 2.75) is 19.6 Å². The van der Waals surface area contributed by atoms with Crippen LogP contribution in [0.4, 0.5) is 8.78 Å². The van der Waals surface area contributed by atoms with Crippen LogP contribution < -0.4 is 15.4 Å². The van der Waals surface area contributed by atoms with Gasteiger partial charge in [0.1, 0.15) is 5.75 Å². The third kappa shape index (κ3) is 6.44. The van der Waals surface area contributed by atoms with Gasteiger partial charge in [0, 0.05) is 25.2 Å². The largest absolute Gasteiger partial charge is 0.435 e. The van der Waals surface area contributed by atoms with Crippen LogP contribution in [0.15, 0.2) is 24.3 Å². The predicted molar refractivity (Wildman–Crippen MR) is 70.0 cm³/mol. The summed E-state index contributed by atoms with van der Waals surface area (Å²) in [5, 5.41) is 14.6. The Balaban J connectivity index is 2.32. The number of aliphatic hydroxyl groups excluding tert-OH is 1. The third-order valence-corrected chi connectivity index (χ3v) is 2.37. The third-order valence-electron chi connectivity index (χ3n) is 2.37. The van der Waals surface area contributed by atoms with E-state index in [2.05, 4.69) is 15.4 Å². The monoisotopic (exact) mass is 288 g/mol. The molecule has 0 aliphatic heterocycles. The maximum absolute atomic E-state index is 11.9. The van der Waals surface area contributed by atoms with Crippen LogP contribution in [-0.4, -0.2) is 43.4 Å². The molecule has 0 aliphatic carbocycles. The molecule has 3 N–H and O–H groups in total. The highest BCUT2D eigenvalue weighted by atomic mass is 19.3. The number of alkyl halides is 2. The number of benzene rings is 1. The van der Waals surface area contributed by atoms with Crippen molar-refractivity contribution in [3.63, 3.8) is 0 Å². The molecule has 1 amide bonds. The molecule has 20 heavy (non-hydrogen) atoms. The molecule has 0 aliphatic rings. The lowest BCUT2D eigenvalue weighted by Crippen LogP contribution is -2.34. The first-order valence-corrected chi connectivity index (χ1v) is 6.21. The van der Waals surface area contributed by atoms with E-state index in [9.17, 15) is 13.6 Å². The van der Waals surface area contributed by atoms with Gasteiger partial charge < -0.3 is 20.5 Å². The molecule has 1 aromatic carbocycles. The SMILES string of the molecule is CC(O)CNCCNC(=O)c1ccc(OC(F)F)cc1. The molecule has 1 rings (SSSR count). The molecular formula is C13H18F2N2O3. The van der Waals surface area contributed by atoms with Crippen molar-refractivity contribution in [2.24, 2.45) is 0 Å². The van der Waals surface area contributed by atoms with Gasteiger partial charge in [0.25, 0.3) is 5.91 Å². The molecule has 7 heteroatoms. The lowest BCUT2D eigenvalue weighted by atomic mass is 10.2. The van der Waals surface area contributed by atoms with Crippen LogP contribution in [0, 0.1) is 0 Å². The van der Waals surface area contributed by atoms with Gasteiger partial charge in [-0.2, -0.15) is 8.78 Å². The van der Waals surface area contributed by atoms with Gasteiger partial charge in [-0.25, -0.2) is 0 Å². The van der Waals surface area contributed by atoms with Gasteiger partial charge in [0.15, 0.2) is 0 Å². The zero-order valence-corrected chi connectivity index (χ0v) is 11.1. The fraction of sp³-hybridized carbons (Fsp3) is 0.462. The van der Waals surface area contributed by atoms with Crippen molar-refractivity contribution in [2.75, 3.05) is 19.6 Å². The molecule has 0 saturated carbocycles. The van der Waals surface area contributed by atoms with E-state index < -0.39 is 12.7 Å². The molecule has 112 valence electrons. The van der Waals surface area contributed by atoms with Gasteiger partial charge in [-0.1, -0.05) is 0 Å². The van der Waals surface area contributed by atoms with Crippen molar-refractivity contribution >= 4 is 5.91 Å². The Morgan fingerprint density at radius 3 is 2.50 bits per heavy atom. The second kappa shape index (κ2) is 8.44. The van der Waals surface area contributed by atoms with E-state index in [1.165, 1.54) is 24.3 Å². The lowest BCUT2D eigenvalue weighted by molar-refractivity contribution is -0.0498. The zero-order valence-electron chi connectivity index (χ0n) is 11.1. The van der Waals surface area contributed by atoms with Gasteiger partial charge in [-0.15, -0.1) is 0 Å². The number of rotatable bonds is 8. The minimum absolute atomic E-state index is 0.00940. The van der Waals surface area contributed by atoms with Gasteiger partial charge in [0.05, 0.1) is 6.10 Å². The van der Waals surface area contributed by atoms with E-state index >= 15 is 0 Å². The molecule has 1 aromatic rings. The highest BCUT2D eigenvalue weighted by molar-refractivity contribution is 5.94. The first-order valence-electron chi connectivity index (χ1n) is 6.21. The van der Waals surface area contributed by atoms with Crippen LogP contribution in [0.1, 0.15) is 17.3 Å². The Kier molecular flexibility index (Phi) is 6.89. The van der Waals surface area contributed by atoms with E-state index in [0.29, 0.717) is 25.2 Å². The van der Waals surface area contributed by atoms with Crippen molar-refractivity contribution in [1.29, 1.82) is 0 Å². The number of ether oxygens (including phenoxy) is 1. The van der Waals surface area contributed by atoms with Crippen LogP contribution >= 0.6 is 0 Å². The Labute approximate surface area is 115 Å². The second-order valence-electron chi connectivity index (χ2n) is 4.21. The molecule has 0 radical (unpaired) electrons. The summed E-state index contributed by atoms with van der Waals surface area (Å²) in [4.78, 5) is 11.7. The van der Waals surface area contributed by atoms with Gasteiger partial charge in [-0.3, -0.25) is 4.79 Å². The van der Waals surface area contributed by atoms with Gasteiger partial charge in [-0.05, 0) is 31.2 Å². The average Bonchev–Trinajstić information content (AvgIpc) is 2.38. The molecule has 0 saturated heterocycles. The molecule has 5 nitrogen and oxygen atoms in total. The number of carbonyl (C=O) groups is 1. The number of amides is 1. The molecule has 0 bridgehead atoms. The van der Waals surface area contributed by atoms with Crippen LogP contribution in [0.3, 0.4) is 0 Å². The fourth-order valence-electron chi connectivity index (χ4n) is 1.47. The topological polar surface area (TPSA) is 70.6 Å². The summed E-state index contributed by atoms with van der Waals surface area (Å²) in [6.07, 6.45) is -0.437. The van der Waals surface area contributed by atoms with E-state index in [0.717, 1.165) is 0 Å². The summed E-state index contributed by atoms with van der Waals surface area (Å²) in [5.74, 6) is -0.289. The van der Waals surface area contributed by atoms with Crippen molar-refractivity contribution in [3.8, 4) is 5.75 Å². The number of hydrogen-bond donors (Lipinski definition) is 3. The van der Waals surface area contributed by atoms with E-state index in [1.807, 2.05) is 0 Å². The number of hydrogen-bond acceptors (Lipinski definition) is 4. The lowest BCUT2D eigenvalue weighted by Gasteiger charge is -2.09. The number of carbonyl (C=O) groups excluding carboxylic acids is 1. The smallest absolute Gasteiger partial charge is 0.387 e. The molecule has 0 spiro atoms. The predicted octanol–water partition coefficient (Wildman–Crippen LogP) is 0.988. The normalized spacial score (nSPS) is 12.2. The standard InChI is InChI=1S/C13H18F2N2O3/c1-9(18)8-16-6-7-17-12(19)10-2-4-11(5-3-10)20-13(14)15/h2-5,9,13,16,18H,6-8H2,1H3,(H,17,19). The van der Waals surface area contributed by atoms with Gasteiger partial charge in [0.2, 0.25) is 0 Å². The van der Waals surface area contributed by atoms with Gasteiger partial charge >= 0.3 is 6.61 Å². The van der Waals surface area contributed by atoms with E-state index in [1.54, 1.807) is 6.92 Å². The molecule has 0 aromatic heterocycles. The molecular weight excluding hydrogens is 270 g/mol. The fourth-order valence-corrected chi connectivity index (χ4v) is 1.47. The maximum atomic E-state index is 11.9.